The smallest absolute Gasteiger partial charge is 0.337 e. The number of morpholine rings is 1. The van der Waals surface area contributed by atoms with E-state index in [4.69, 9.17) is 9.72 Å². The van der Waals surface area contributed by atoms with Gasteiger partial charge in [-0.2, -0.15) is 0 Å². The van der Waals surface area contributed by atoms with Gasteiger partial charge in [-0.15, -0.1) is 0 Å². The number of hydrogen-bond donors (Lipinski definition) is 2. The Hall–Kier alpha value is -3.65. The van der Waals surface area contributed by atoms with Gasteiger partial charge in [0.15, 0.2) is 0 Å². The number of nitrogens with zero attached hydrogens (tertiary/aromatic N) is 2. The van der Waals surface area contributed by atoms with Crippen molar-refractivity contribution < 1.29 is 19.1 Å². The molecular formula is C23H24N4O4. The average molecular weight is 420 g/mol. The van der Waals surface area contributed by atoms with Crippen molar-refractivity contribution in [1.29, 1.82) is 0 Å². The van der Waals surface area contributed by atoms with Gasteiger partial charge in [-0.25, -0.2) is 14.6 Å². The number of nitrogens with one attached hydrogen (secondary N) is 2. The van der Waals surface area contributed by atoms with Crippen LogP contribution in [0.15, 0.2) is 48.5 Å². The number of carbonyl (C=O) groups is 2. The van der Waals surface area contributed by atoms with E-state index in [0.29, 0.717) is 30.2 Å². The molecule has 4 rings (SSSR count). The molecule has 0 radical (unpaired) electrons. The van der Waals surface area contributed by atoms with Gasteiger partial charge in [-0.3, -0.25) is 0 Å². The van der Waals surface area contributed by atoms with E-state index in [9.17, 15) is 9.59 Å². The summed E-state index contributed by atoms with van der Waals surface area (Å²) in [6.45, 7) is 5.13. The molecule has 1 fully saturated rings. The molecule has 1 saturated heterocycles. The first-order chi connectivity index (χ1) is 15.0. The second kappa shape index (κ2) is 9.01. The van der Waals surface area contributed by atoms with Gasteiger partial charge in [-0.05, 0) is 61.0 Å². The topological polar surface area (TPSA) is 92.8 Å². The number of carbonyl (C=O) groups excluding carboxylic acids is 2. The molecule has 0 atom stereocenters. The Morgan fingerprint density at radius 2 is 1.68 bits per heavy atom. The molecule has 1 aliphatic rings. The lowest BCUT2D eigenvalue weighted by atomic mass is 10.1. The van der Waals surface area contributed by atoms with Crippen molar-refractivity contribution >= 4 is 40.1 Å². The lowest BCUT2D eigenvalue weighted by molar-refractivity contribution is 0.0600. The number of anilines is 3. The lowest BCUT2D eigenvalue weighted by Gasteiger charge is -2.28. The van der Waals surface area contributed by atoms with Crippen LogP contribution in [0.1, 0.15) is 15.9 Å². The number of ether oxygens (including phenoxy) is 2. The van der Waals surface area contributed by atoms with Gasteiger partial charge >= 0.3 is 12.0 Å². The quantitative estimate of drug-likeness (QED) is 0.624. The van der Waals surface area contributed by atoms with E-state index in [0.717, 1.165) is 35.4 Å². The van der Waals surface area contributed by atoms with E-state index in [2.05, 4.69) is 26.3 Å². The third-order valence-corrected chi connectivity index (χ3v) is 5.16. The normalized spacial score (nSPS) is 13.7. The number of urea groups is 1. The highest BCUT2D eigenvalue weighted by Gasteiger charge is 2.14. The van der Waals surface area contributed by atoms with Gasteiger partial charge in [-0.1, -0.05) is 0 Å². The molecule has 0 unspecified atom stereocenters. The zero-order valence-electron chi connectivity index (χ0n) is 17.5. The van der Waals surface area contributed by atoms with Crippen LogP contribution in [0.5, 0.6) is 0 Å². The van der Waals surface area contributed by atoms with Crippen LogP contribution < -0.4 is 15.5 Å². The lowest BCUT2D eigenvalue weighted by Crippen LogP contribution is -2.36. The van der Waals surface area contributed by atoms with Crippen LogP contribution in [-0.2, 0) is 9.47 Å². The summed E-state index contributed by atoms with van der Waals surface area (Å²) in [7, 11) is 1.33. The zero-order chi connectivity index (χ0) is 21.8. The molecular weight excluding hydrogens is 396 g/mol. The Bertz CT molecular complexity index is 1110. The van der Waals surface area contributed by atoms with E-state index >= 15 is 0 Å². The summed E-state index contributed by atoms with van der Waals surface area (Å²) >= 11 is 0. The van der Waals surface area contributed by atoms with E-state index in [1.54, 1.807) is 24.3 Å². The predicted octanol–water partition coefficient (Wildman–Crippen LogP) is 3.81. The largest absolute Gasteiger partial charge is 0.465 e. The fourth-order valence-corrected chi connectivity index (χ4v) is 3.51. The summed E-state index contributed by atoms with van der Waals surface area (Å²) in [6, 6.07) is 13.8. The zero-order valence-corrected chi connectivity index (χ0v) is 17.5. The molecule has 2 aromatic carbocycles. The Morgan fingerprint density at radius 1 is 1.00 bits per heavy atom. The highest BCUT2D eigenvalue weighted by molar-refractivity contribution is 6.01. The van der Waals surface area contributed by atoms with Crippen LogP contribution in [0.4, 0.5) is 22.0 Å². The number of fused-ring (bicyclic) bond motifs is 1. The van der Waals surface area contributed by atoms with Crippen molar-refractivity contribution in [3.8, 4) is 0 Å². The summed E-state index contributed by atoms with van der Waals surface area (Å²) < 4.78 is 10.1. The van der Waals surface area contributed by atoms with Gasteiger partial charge in [0, 0.05) is 29.9 Å². The number of methoxy groups -OCH3 is 1. The molecule has 8 heteroatoms. The van der Waals surface area contributed by atoms with E-state index in [1.807, 2.05) is 25.1 Å². The third kappa shape index (κ3) is 4.75. The van der Waals surface area contributed by atoms with Crippen molar-refractivity contribution in [1.82, 2.24) is 4.98 Å². The summed E-state index contributed by atoms with van der Waals surface area (Å²) in [5.41, 5.74) is 3.63. The standard InChI is InChI=1S/C23H24N4O4/c1-15-13-21(27-9-11-31-12-10-27)26-20-8-7-18(14-19(15)20)25-23(29)24-17-5-3-16(4-6-17)22(28)30-2/h3-8,13-14H,9-12H2,1-2H3,(H2,24,25,29). The molecule has 0 bridgehead atoms. The number of amides is 2. The Labute approximate surface area is 180 Å². The van der Waals surface area contributed by atoms with E-state index in [-0.39, 0.29) is 6.03 Å². The van der Waals surface area contributed by atoms with Gasteiger partial charge < -0.3 is 25.0 Å². The van der Waals surface area contributed by atoms with Crippen molar-refractivity contribution in [2.45, 2.75) is 6.92 Å². The number of pyridine rings is 1. The van der Waals surface area contributed by atoms with Crippen molar-refractivity contribution in [3.63, 3.8) is 0 Å². The van der Waals surface area contributed by atoms with Gasteiger partial charge in [0.25, 0.3) is 0 Å². The Morgan fingerprint density at radius 3 is 2.39 bits per heavy atom. The van der Waals surface area contributed by atoms with E-state index in [1.165, 1.54) is 7.11 Å². The maximum atomic E-state index is 12.4. The molecule has 31 heavy (non-hydrogen) atoms. The summed E-state index contributed by atoms with van der Waals surface area (Å²) in [5.74, 6) is 0.523. The van der Waals surface area contributed by atoms with Crippen LogP contribution in [0.25, 0.3) is 10.9 Å². The maximum absolute atomic E-state index is 12.4. The second-order valence-electron chi connectivity index (χ2n) is 7.28. The molecule has 1 aromatic heterocycles. The first kappa shape index (κ1) is 20.6. The molecule has 0 spiro atoms. The highest BCUT2D eigenvalue weighted by atomic mass is 16.5. The first-order valence-corrected chi connectivity index (χ1v) is 10.0. The molecule has 8 nitrogen and oxygen atoms in total. The molecule has 2 N–H and O–H groups in total. The molecule has 2 amide bonds. The molecule has 0 aliphatic carbocycles. The molecule has 160 valence electrons. The van der Waals surface area contributed by atoms with Crippen LogP contribution in [0.3, 0.4) is 0 Å². The SMILES string of the molecule is COC(=O)c1ccc(NC(=O)Nc2ccc3nc(N4CCOCC4)cc(C)c3c2)cc1. The fourth-order valence-electron chi connectivity index (χ4n) is 3.51. The number of benzene rings is 2. The minimum atomic E-state index is -0.423. The number of hydrogen-bond acceptors (Lipinski definition) is 6. The van der Waals surface area contributed by atoms with Gasteiger partial charge in [0.1, 0.15) is 5.82 Å². The highest BCUT2D eigenvalue weighted by Crippen LogP contribution is 2.26. The Balaban J connectivity index is 1.46. The monoisotopic (exact) mass is 420 g/mol. The van der Waals surface area contributed by atoms with E-state index < -0.39 is 5.97 Å². The maximum Gasteiger partial charge on any atom is 0.337 e. The van der Waals surface area contributed by atoms with Crippen LogP contribution in [0.2, 0.25) is 0 Å². The van der Waals surface area contributed by atoms with Gasteiger partial charge in [0.2, 0.25) is 0 Å². The van der Waals surface area contributed by atoms with Crippen LogP contribution >= 0.6 is 0 Å². The molecule has 1 aliphatic heterocycles. The van der Waals surface area contributed by atoms with Gasteiger partial charge in [0.05, 0.1) is 31.4 Å². The average Bonchev–Trinajstić information content (AvgIpc) is 2.80. The number of rotatable bonds is 4. The first-order valence-electron chi connectivity index (χ1n) is 10.0. The predicted molar refractivity (Wildman–Crippen MR) is 120 cm³/mol. The summed E-state index contributed by atoms with van der Waals surface area (Å²) in [4.78, 5) is 30.9. The van der Waals surface area contributed by atoms with Crippen molar-refractivity contribution in [2.24, 2.45) is 0 Å². The molecule has 2 heterocycles. The second-order valence-corrected chi connectivity index (χ2v) is 7.28. The van der Waals surface area contributed by atoms with Crippen molar-refractivity contribution in [3.05, 3.63) is 59.7 Å². The summed E-state index contributed by atoms with van der Waals surface area (Å²) in [6.07, 6.45) is 0. The van der Waals surface area contributed by atoms with Crippen molar-refractivity contribution in [2.75, 3.05) is 48.9 Å². The molecule has 0 saturated carbocycles. The minimum Gasteiger partial charge on any atom is -0.465 e. The third-order valence-electron chi connectivity index (χ3n) is 5.16. The minimum absolute atomic E-state index is 0.374. The number of esters is 1. The fraction of sp³-hybridized carbons (Fsp3) is 0.261. The summed E-state index contributed by atoms with van der Waals surface area (Å²) in [5, 5.41) is 6.58. The van der Waals surface area contributed by atoms with Crippen LogP contribution in [-0.4, -0.2) is 50.4 Å². The number of aromatic nitrogens is 1. The Kier molecular flexibility index (Phi) is 5.99. The number of aryl methyl sites for hydroxylation is 1. The van der Waals surface area contributed by atoms with Crippen LogP contribution in [0, 0.1) is 6.92 Å². The molecule has 3 aromatic rings.